The lowest BCUT2D eigenvalue weighted by molar-refractivity contribution is -0.139. The Morgan fingerprint density at radius 1 is 1.45 bits per heavy atom. The lowest BCUT2D eigenvalue weighted by atomic mass is 9.95. The van der Waals surface area contributed by atoms with Crippen molar-refractivity contribution in [3.63, 3.8) is 0 Å². The van der Waals surface area contributed by atoms with E-state index < -0.39 is 18.6 Å². The fraction of sp³-hybridized carbons (Fsp3) is 0.818. The minimum atomic E-state index is -4.38. The Balaban J connectivity index is 2.39. The summed E-state index contributed by atoms with van der Waals surface area (Å²) in [7, 11) is 0. The Hall–Kier alpha value is -0.540. The number of thiocarbonyl (C=S) groups is 1. The quantitative estimate of drug-likeness (QED) is 0.741. The maximum atomic E-state index is 12.0. The number of hydrogen-bond donors (Lipinski definition) is 2. The summed E-state index contributed by atoms with van der Waals surface area (Å²) in [6.45, 7) is -0.131. The van der Waals surface area contributed by atoms with Gasteiger partial charge in [0.2, 0.25) is 5.91 Å². The highest BCUT2D eigenvalue weighted by Gasteiger charge is 2.37. The predicted octanol–water partition coefficient (Wildman–Crippen LogP) is 1.15. The van der Waals surface area contributed by atoms with Crippen molar-refractivity contribution in [3.8, 4) is 0 Å². The average molecular weight is 329 g/mol. The van der Waals surface area contributed by atoms with Gasteiger partial charge in [-0.05, 0) is 19.1 Å². The Kier molecular flexibility index (Phi) is 6.08. The standard InChI is InChI=1S/C11H18F3N3OS2/c1-20-10(9(15)19)2-4-17(5-3-10)6-8(18)16-7-11(12,13)14/h2-7H2,1H3,(H2,15,19)(H,16,18). The average Bonchev–Trinajstić information content (AvgIpc) is 2.36. The fourth-order valence-electron chi connectivity index (χ4n) is 2.08. The number of nitrogens with zero attached hydrogens (tertiary/aromatic N) is 1. The lowest BCUT2D eigenvalue weighted by Crippen LogP contribution is -2.51. The van der Waals surface area contributed by atoms with Crippen LogP contribution < -0.4 is 11.1 Å². The lowest BCUT2D eigenvalue weighted by Gasteiger charge is -2.39. The summed E-state index contributed by atoms with van der Waals surface area (Å²) in [5, 5.41) is 1.87. The van der Waals surface area contributed by atoms with Crippen molar-refractivity contribution in [1.82, 2.24) is 10.2 Å². The van der Waals surface area contributed by atoms with E-state index >= 15 is 0 Å². The third-order valence-electron chi connectivity index (χ3n) is 3.36. The van der Waals surface area contributed by atoms with Gasteiger partial charge in [-0.2, -0.15) is 24.9 Å². The van der Waals surface area contributed by atoms with Gasteiger partial charge >= 0.3 is 6.18 Å². The third-order valence-corrected chi connectivity index (χ3v) is 5.29. The number of carbonyl (C=O) groups excluding carboxylic acids is 1. The van der Waals surface area contributed by atoms with Crippen LogP contribution in [0, 0.1) is 0 Å². The molecule has 1 rings (SSSR count). The van der Waals surface area contributed by atoms with E-state index in [0.29, 0.717) is 30.9 Å². The summed E-state index contributed by atoms with van der Waals surface area (Å²) in [6, 6.07) is 0. The number of nitrogens with one attached hydrogen (secondary N) is 1. The van der Waals surface area contributed by atoms with Gasteiger partial charge in [0.05, 0.1) is 16.3 Å². The molecule has 0 radical (unpaired) electrons. The molecule has 116 valence electrons. The number of nitrogens with two attached hydrogens (primary N) is 1. The van der Waals surface area contributed by atoms with E-state index in [9.17, 15) is 18.0 Å². The van der Waals surface area contributed by atoms with E-state index in [0.717, 1.165) is 0 Å². The summed E-state index contributed by atoms with van der Waals surface area (Å²) in [4.78, 5) is 13.7. The van der Waals surface area contributed by atoms with Crippen molar-refractivity contribution in [2.75, 3.05) is 32.4 Å². The Labute approximate surface area is 125 Å². The molecule has 0 aromatic carbocycles. The van der Waals surface area contributed by atoms with Crippen molar-refractivity contribution in [3.05, 3.63) is 0 Å². The number of alkyl halides is 3. The van der Waals surface area contributed by atoms with Crippen LogP contribution in [-0.2, 0) is 4.79 Å². The molecule has 0 aliphatic carbocycles. The molecule has 1 amide bonds. The van der Waals surface area contributed by atoms with Gasteiger partial charge in [-0.3, -0.25) is 9.69 Å². The largest absolute Gasteiger partial charge is 0.405 e. The molecular formula is C11H18F3N3OS2. The van der Waals surface area contributed by atoms with Crippen LogP contribution in [0.1, 0.15) is 12.8 Å². The van der Waals surface area contributed by atoms with E-state index in [1.165, 1.54) is 0 Å². The molecule has 3 N–H and O–H groups in total. The molecule has 0 bridgehead atoms. The first-order valence-corrected chi connectivity index (χ1v) is 7.73. The molecule has 0 unspecified atom stereocenters. The molecule has 0 atom stereocenters. The van der Waals surface area contributed by atoms with Gasteiger partial charge in [0.1, 0.15) is 6.54 Å². The number of amides is 1. The minimum Gasteiger partial charge on any atom is -0.392 e. The van der Waals surface area contributed by atoms with E-state index in [2.05, 4.69) is 0 Å². The Morgan fingerprint density at radius 2 is 2.00 bits per heavy atom. The van der Waals surface area contributed by atoms with Gasteiger partial charge < -0.3 is 11.1 Å². The number of hydrogen-bond acceptors (Lipinski definition) is 4. The molecule has 20 heavy (non-hydrogen) atoms. The molecule has 1 aliphatic rings. The van der Waals surface area contributed by atoms with Crippen LogP contribution in [0.5, 0.6) is 0 Å². The summed E-state index contributed by atoms with van der Waals surface area (Å²) >= 11 is 6.66. The molecule has 1 saturated heterocycles. The highest BCUT2D eigenvalue weighted by atomic mass is 32.2. The second-order valence-corrected chi connectivity index (χ2v) is 6.36. The van der Waals surface area contributed by atoms with Crippen LogP contribution >= 0.6 is 24.0 Å². The smallest absolute Gasteiger partial charge is 0.392 e. The molecule has 0 spiro atoms. The van der Waals surface area contributed by atoms with Gasteiger partial charge in [-0.1, -0.05) is 12.2 Å². The summed E-state index contributed by atoms with van der Waals surface area (Å²) in [6.07, 6.45) is -1.03. The van der Waals surface area contributed by atoms with E-state index in [-0.39, 0.29) is 11.3 Å². The van der Waals surface area contributed by atoms with Crippen molar-refractivity contribution in [2.45, 2.75) is 23.8 Å². The van der Waals surface area contributed by atoms with Gasteiger partial charge in [0.15, 0.2) is 0 Å². The zero-order valence-corrected chi connectivity index (χ0v) is 12.8. The first-order valence-electron chi connectivity index (χ1n) is 6.09. The summed E-state index contributed by atoms with van der Waals surface area (Å²) in [5.41, 5.74) is 5.74. The van der Waals surface area contributed by atoms with Crippen molar-refractivity contribution in [2.24, 2.45) is 5.73 Å². The summed E-state index contributed by atoms with van der Waals surface area (Å²) in [5.74, 6) is -0.616. The molecule has 9 heteroatoms. The van der Waals surface area contributed by atoms with Gasteiger partial charge in [-0.25, -0.2) is 0 Å². The van der Waals surface area contributed by atoms with Crippen molar-refractivity contribution in [1.29, 1.82) is 0 Å². The minimum absolute atomic E-state index is 0.0299. The van der Waals surface area contributed by atoms with E-state index in [1.54, 1.807) is 11.8 Å². The van der Waals surface area contributed by atoms with Gasteiger partial charge in [0, 0.05) is 13.1 Å². The molecule has 1 heterocycles. The zero-order valence-electron chi connectivity index (χ0n) is 11.1. The Morgan fingerprint density at radius 3 is 2.40 bits per heavy atom. The second-order valence-electron chi connectivity index (χ2n) is 4.73. The van der Waals surface area contributed by atoms with Crippen molar-refractivity contribution < 1.29 is 18.0 Å². The molecular weight excluding hydrogens is 311 g/mol. The maximum absolute atomic E-state index is 12.0. The number of halogens is 3. The number of piperidine rings is 1. The van der Waals surface area contributed by atoms with Crippen LogP contribution in [-0.4, -0.2) is 59.2 Å². The molecule has 0 aromatic rings. The van der Waals surface area contributed by atoms with Crippen LogP contribution in [0.2, 0.25) is 0 Å². The molecule has 1 fully saturated rings. The molecule has 0 saturated carbocycles. The van der Waals surface area contributed by atoms with Crippen LogP contribution in [0.4, 0.5) is 13.2 Å². The Bertz CT molecular complexity index is 368. The molecule has 1 aliphatic heterocycles. The zero-order chi connectivity index (χ0) is 15.4. The van der Waals surface area contributed by atoms with E-state index in [4.69, 9.17) is 18.0 Å². The topological polar surface area (TPSA) is 58.4 Å². The van der Waals surface area contributed by atoms with E-state index in [1.807, 2.05) is 16.5 Å². The normalized spacial score (nSPS) is 19.6. The molecule has 0 aromatic heterocycles. The highest BCUT2D eigenvalue weighted by Crippen LogP contribution is 2.34. The second kappa shape index (κ2) is 6.95. The molecule has 4 nitrogen and oxygen atoms in total. The van der Waals surface area contributed by atoms with Gasteiger partial charge in [0.25, 0.3) is 0 Å². The summed E-state index contributed by atoms with van der Waals surface area (Å²) < 4.78 is 35.7. The monoisotopic (exact) mass is 329 g/mol. The van der Waals surface area contributed by atoms with Gasteiger partial charge in [-0.15, -0.1) is 0 Å². The van der Waals surface area contributed by atoms with Crippen LogP contribution in [0.3, 0.4) is 0 Å². The van der Waals surface area contributed by atoms with Crippen LogP contribution in [0.15, 0.2) is 0 Å². The third kappa shape index (κ3) is 5.10. The number of rotatable bonds is 5. The highest BCUT2D eigenvalue weighted by molar-refractivity contribution is 8.02. The first-order chi connectivity index (χ1) is 9.18. The number of thioether (sulfide) groups is 1. The van der Waals surface area contributed by atoms with Crippen LogP contribution in [0.25, 0.3) is 0 Å². The van der Waals surface area contributed by atoms with Crippen molar-refractivity contribution >= 4 is 34.9 Å². The maximum Gasteiger partial charge on any atom is 0.405 e. The number of likely N-dealkylation sites (tertiary alicyclic amines) is 1. The predicted molar refractivity (Wildman–Crippen MR) is 77.8 cm³/mol. The fourth-order valence-corrected chi connectivity index (χ4v) is 3.33. The number of carbonyl (C=O) groups is 1. The first kappa shape index (κ1) is 17.5. The SMILES string of the molecule is CSC1(C(N)=S)CCN(CC(=O)NCC(F)(F)F)CC1.